The number of carbonyl (C=O) groups excluding carboxylic acids is 1. The van der Waals surface area contributed by atoms with E-state index < -0.39 is 0 Å². The molecule has 2 aromatic rings. The Kier molecular flexibility index (Phi) is 5.76. The topological polar surface area (TPSA) is 84.1 Å². The van der Waals surface area contributed by atoms with E-state index in [1.165, 1.54) is 18.2 Å². The third kappa shape index (κ3) is 5.10. The van der Waals surface area contributed by atoms with Crippen LogP contribution in [0.5, 0.6) is 5.88 Å². The van der Waals surface area contributed by atoms with Crippen LogP contribution in [0.4, 0.5) is 0 Å². The Hall–Kier alpha value is -2.34. The van der Waals surface area contributed by atoms with Gasteiger partial charge in [-0.2, -0.15) is 0 Å². The number of nitrogens with zero attached hydrogens (tertiary/aromatic N) is 1. The Bertz CT molecular complexity index is 743. The van der Waals surface area contributed by atoms with Crippen molar-refractivity contribution in [3.63, 3.8) is 0 Å². The highest BCUT2D eigenvalue weighted by molar-refractivity contribution is 6.31. The first kappa shape index (κ1) is 17.0. The van der Waals surface area contributed by atoms with Crippen LogP contribution in [0.1, 0.15) is 29.9 Å². The van der Waals surface area contributed by atoms with Gasteiger partial charge in [0.05, 0.1) is 6.61 Å². The van der Waals surface area contributed by atoms with Crippen LogP contribution in [0, 0.1) is 5.92 Å². The van der Waals surface area contributed by atoms with Gasteiger partial charge in [-0.1, -0.05) is 31.5 Å². The molecule has 0 aliphatic rings. The minimum atomic E-state index is -0.376. The molecule has 2 rings (SSSR count). The Balaban J connectivity index is 1.97. The quantitative estimate of drug-likeness (QED) is 0.849. The van der Waals surface area contributed by atoms with E-state index in [9.17, 15) is 9.59 Å². The van der Waals surface area contributed by atoms with Crippen molar-refractivity contribution >= 4 is 17.5 Å². The van der Waals surface area contributed by atoms with E-state index in [-0.39, 0.29) is 23.7 Å². The molecule has 122 valence electrons. The van der Waals surface area contributed by atoms with Crippen molar-refractivity contribution in [3.8, 4) is 5.88 Å². The van der Waals surface area contributed by atoms with Crippen LogP contribution in [0.15, 0.2) is 35.3 Å². The number of aromatic nitrogens is 2. The van der Waals surface area contributed by atoms with Crippen molar-refractivity contribution in [2.24, 2.45) is 5.92 Å². The summed E-state index contributed by atoms with van der Waals surface area (Å²) in [5.74, 6) is 0.377. The lowest BCUT2D eigenvalue weighted by molar-refractivity contribution is 0.0945. The van der Waals surface area contributed by atoms with Gasteiger partial charge in [-0.3, -0.25) is 9.59 Å². The SMILES string of the molecule is CC(C)COc1ncc(CNC(=O)c2cccc(=O)[nH]2)cc1Cl. The average molecular weight is 336 g/mol. The third-order valence-corrected chi connectivity index (χ3v) is 3.15. The second kappa shape index (κ2) is 7.78. The maximum absolute atomic E-state index is 11.9. The van der Waals surface area contributed by atoms with E-state index in [1.54, 1.807) is 12.3 Å². The molecule has 23 heavy (non-hydrogen) atoms. The van der Waals surface area contributed by atoms with Crippen LogP contribution in [0.2, 0.25) is 5.02 Å². The molecule has 2 aromatic heterocycles. The molecule has 0 saturated heterocycles. The summed E-state index contributed by atoms with van der Waals surface area (Å²) in [4.78, 5) is 29.7. The number of rotatable bonds is 6. The van der Waals surface area contributed by atoms with Gasteiger partial charge in [0, 0.05) is 18.8 Å². The minimum absolute atomic E-state index is 0.202. The Morgan fingerprint density at radius 1 is 1.43 bits per heavy atom. The zero-order valence-corrected chi connectivity index (χ0v) is 13.7. The van der Waals surface area contributed by atoms with E-state index in [1.807, 2.05) is 13.8 Å². The molecule has 0 unspecified atom stereocenters. The molecule has 0 aromatic carbocycles. The number of hydrogen-bond donors (Lipinski definition) is 2. The lowest BCUT2D eigenvalue weighted by Gasteiger charge is -2.10. The first-order valence-corrected chi connectivity index (χ1v) is 7.58. The highest BCUT2D eigenvalue weighted by atomic mass is 35.5. The largest absolute Gasteiger partial charge is 0.476 e. The predicted octanol–water partition coefficient (Wildman–Crippen LogP) is 2.39. The fraction of sp³-hybridized carbons (Fsp3) is 0.312. The first-order chi connectivity index (χ1) is 11.0. The Morgan fingerprint density at radius 2 is 2.22 bits per heavy atom. The molecule has 2 N–H and O–H groups in total. The molecule has 0 radical (unpaired) electrons. The van der Waals surface area contributed by atoms with Crippen molar-refractivity contribution in [2.45, 2.75) is 20.4 Å². The molecular formula is C16H18ClN3O3. The maximum Gasteiger partial charge on any atom is 0.268 e. The lowest BCUT2D eigenvalue weighted by atomic mass is 10.2. The summed E-state index contributed by atoms with van der Waals surface area (Å²) in [6.45, 7) is 4.84. The van der Waals surface area contributed by atoms with E-state index >= 15 is 0 Å². The highest BCUT2D eigenvalue weighted by Gasteiger charge is 2.09. The van der Waals surface area contributed by atoms with Crippen molar-refractivity contribution in [1.82, 2.24) is 15.3 Å². The van der Waals surface area contributed by atoms with Crippen LogP contribution in [-0.4, -0.2) is 22.5 Å². The summed E-state index contributed by atoms with van der Waals surface area (Å²) in [5.41, 5.74) is 0.612. The highest BCUT2D eigenvalue weighted by Crippen LogP contribution is 2.22. The molecule has 0 atom stereocenters. The number of hydrogen-bond acceptors (Lipinski definition) is 4. The molecule has 0 fully saturated rings. The number of halogens is 1. The molecule has 0 bridgehead atoms. The van der Waals surface area contributed by atoms with Gasteiger partial charge in [-0.05, 0) is 23.6 Å². The van der Waals surface area contributed by atoms with Gasteiger partial charge in [-0.25, -0.2) is 4.98 Å². The van der Waals surface area contributed by atoms with Crippen molar-refractivity contribution in [3.05, 3.63) is 57.1 Å². The smallest absolute Gasteiger partial charge is 0.268 e. The normalized spacial score (nSPS) is 10.6. The van der Waals surface area contributed by atoms with Crippen LogP contribution < -0.4 is 15.6 Å². The summed E-state index contributed by atoms with van der Waals surface area (Å²) in [6, 6.07) is 6.09. The fourth-order valence-corrected chi connectivity index (χ4v) is 2.01. The maximum atomic E-state index is 11.9. The molecule has 2 heterocycles. The van der Waals surface area contributed by atoms with Crippen molar-refractivity contribution < 1.29 is 9.53 Å². The van der Waals surface area contributed by atoms with Gasteiger partial charge < -0.3 is 15.0 Å². The zero-order chi connectivity index (χ0) is 16.8. The van der Waals surface area contributed by atoms with Gasteiger partial charge in [0.1, 0.15) is 10.7 Å². The monoisotopic (exact) mass is 335 g/mol. The van der Waals surface area contributed by atoms with Gasteiger partial charge in [0.2, 0.25) is 11.4 Å². The van der Waals surface area contributed by atoms with Crippen molar-refractivity contribution in [2.75, 3.05) is 6.61 Å². The number of ether oxygens (including phenoxy) is 1. The molecule has 0 spiro atoms. The first-order valence-electron chi connectivity index (χ1n) is 7.20. The molecule has 0 saturated carbocycles. The second-order valence-corrected chi connectivity index (χ2v) is 5.85. The standard InChI is InChI=1S/C16H18ClN3O3/c1-10(2)9-23-16-12(17)6-11(8-19-16)7-18-15(22)13-4-3-5-14(21)20-13/h3-6,8,10H,7,9H2,1-2H3,(H,18,22)(H,20,21). The molecule has 0 aliphatic carbocycles. The van der Waals surface area contributed by atoms with E-state index in [0.29, 0.717) is 23.4 Å². The van der Waals surface area contributed by atoms with Gasteiger partial charge in [0.15, 0.2) is 0 Å². The number of nitrogens with one attached hydrogen (secondary N) is 2. The number of pyridine rings is 2. The number of H-pyrrole nitrogens is 1. The summed E-state index contributed by atoms with van der Waals surface area (Å²) >= 11 is 6.12. The van der Waals surface area contributed by atoms with E-state index in [0.717, 1.165) is 5.56 Å². The number of carbonyl (C=O) groups is 1. The van der Waals surface area contributed by atoms with Crippen LogP contribution >= 0.6 is 11.6 Å². The van der Waals surface area contributed by atoms with Crippen LogP contribution in [0.25, 0.3) is 0 Å². The summed E-state index contributed by atoms with van der Waals surface area (Å²) in [5, 5.41) is 3.08. The van der Waals surface area contributed by atoms with Crippen LogP contribution in [0.3, 0.4) is 0 Å². The number of aromatic amines is 1. The second-order valence-electron chi connectivity index (χ2n) is 5.45. The molecule has 6 nitrogen and oxygen atoms in total. The minimum Gasteiger partial charge on any atom is -0.476 e. The van der Waals surface area contributed by atoms with Gasteiger partial charge in [0.25, 0.3) is 5.91 Å². The summed E-state index contributed by atoms with van der Waals surface area (Å²) < 4.78 is 5.49. The molecular weight excluding hydrogens is 318 g/mol. The molecule has 0 aliphatic heterocycles. The van der Waals surface area contributed by atoms with Crippen molar-refractivity contribution in [1.29, 1.82) is 0 Å². The average Bonchev–Trinajstić information content (AvgIpc) is 2.51. The number of amides is 1. The van der Waals surface area contributed by atoms with E-state index in [2.05, 4.69) is 15.3 Å². The van der Waals surface area contributed by atoms with Gasteiger partial charge >= 0.3 is 0 Å². The molecule has 7 heteroatoms. The predicted molar refractivity (Wildman–Crippen MR) is 87.8 cm³/mol. The fourth-order valence-electron chi connectivity index (χ4n) is 1.77. The summed E-state index contributed by atoms with van der Waals surface area (Å²) in [6.07, 6.45) is 1.59. The van der Waals surface area contributed by atoms with Gasteiger partial charge in [-0.15, -0.1) is 0 Å². The third-order valence-electron chi connectivity index (χ3n) is 2.88. The molecule has 1 amide bonds. The Labute approximate surface area is 138 Å². The zero-order valence-electron chi connectivity index (χ0n) is 12.9. The van der Waals surface area contributed by atoms with E-state index in [4.69, 9.17) is 16.3 Å². The lowest BCUT2D eigenvalue weighted by Crippen LogP contribution is -2.25. The summed E-state index contributed by atoms with van der Waals surface area (Å²) in [7, 11) is 0. The van der Waals surface area contributed by atoms with Crippen LogP contribution in [-0.2, 0) is 6.54 Å². The Morgan fingerprint density at radius 3 is 2.87 bits per heavy atom.